The highest BCUT2D eigenvalue weighted by Gasteiger charge is 1.95. The van der Waals surface area contributed by atoms with Gasteiger partial charge in [-0.15, -0.1) is 24.8 Å². The zero-order valence-corrected chi connectivity index (χ0v) is 14.7. The second-order valence-corrected chi connectivity index (χ2v) is 4.66. The number of halogens is 2. The van der Waals surface area contributed by atoms with E-state index >= 15 is 0 Å². The molecule has 0 radical (unpaired) electrons. The number of hydrogen-bond acceptors (Lipinski definition) is 5. The lowest BCUT2D eigenvalue weighted by Crippen LogP contribution is -2.28. The van der Waals surface area contributed by atoms with Crippen LogP contribution in [0.5, 0.6) is 0 Å². The van der Waals surface area contributed by atoms with Crippen molar-refractivity contribution in [1.29, 1.82) is 0 Å². The molecule has 23 heavy (non-hydrogen) atoms. The average Bonchev–Trinajstić information content (AvgIpc) is 2.50. The molecule has 0 fully saturated rings. The van der Waals surface area contributed by atoms with Gasteiger partial charge < -0.3 is 21.2 Å². The third kappa shape index (κ3) is 14.0. The number of rotatable bonds is 11. The molecule has 0 heterocycles. The van der Waals surface area contributed by atoms with Gasteiger partial charge in [0.2, 0.25) is 0 Å². The van der Waals surface area contributed by atoms with Crippen molar-refractivity contribution in [2.75, 3.05) is 26.2 Å². The molecule has 0 aliphatic carbocycles. The van der Waals surface area contributed by atoms with Gasteiger partial charge in [-0.25, -0.2) is 0 Å². The lowest BCUT2D eigenvalue weighted by molar-refractivity contribution is -0.114. The molecule has 0 aromatic heterocycles. The van der Waals surface area contributed by atoms with Crippen molar-refractivity contribution in [3.63, 3.8) is 0 Å². The van der Waals surface area contributed by atoms with Crippen LogP contribution >= 0.6 is 24.8 Å². The fraction of sp³-hybridized carbons (Fsp3) is 0.467. The first-order valence-electron chi connectivity index (χ1n) is 7.23. The Hall–Kier alpha value is -1.34. The SMILES string of the molecule is Cl.Cl.O=C(C=NO)NCCCNCCCNCc1ccccc1. The molecule has 1 aromatic rings. The molecule has 1 rings (SSSR count). The standard InChI is InChI=1S/C15H24N4O2.2ClH/c20-15(13-19-21)18-11-5-9-16-8-4-10-17-12-14-6-2-1-3-7-14;;/h1-3,6-7,13,16-17,21H,4-5,8-12H2,(H,18,20);2*1H. The molecule has 0 aliphatic heterocycles. The number of nitrogens with zero attached hydrogens (tertiary/aromatic N) is 1. The predicted octanol–water partition coefficient (Wildman–Crippen LogP) is 1.57. The Morgan fingerprint density at radius 3 is 2.26 bits per heavy atom. The van der Waals surface area contributed by atoms with Gasteiger partial charge in [-0.3, -0.25) is 4.79 Å². The summed E-state index contributed by atoms with van der Waals surface area (Å²) in [6.45, 7) is 4.26. The summed E-state index contributed by atoms with van der Waals surface area (Å²) in [5.74, 6) is -0.373. The van der Waals surface area contributed by atoms with Gasteiger partial charge in [0, 0.05) is 13.1 Å². The topological polar surface area (TPSA) is 85.8 Å². The minimum atomic E-state index is -0.373. The Kier molecular flexibility index (Phi) is 17.7. The molecular formula is C15H26Cl2N4O2. The van der Waals surface area contributed by atoms with E-state index in [1.54, 1.807) is 0 Å². The van der Waals surface area contributed by atoms with Crippen molar-refractivity contribution in [2.24, 2.45) is 5.16 Å². The van der Waals surface area contributed by atoms with Crippen molar-refractivity contribution < 1.29 is 10.0 Å². The smallest absolute Gasteiger partial charge is 0.265 e. The maximum Gasteiger partial charge on any atom is 0.265 e. The maximum absolute atomic E-state index is 10.9. The number of carbonyl (C=O) groups is 1. The number of carbonyl (C=O) groups excluding carboxylic acids is 1. The molecular weight excluding hydrogens is 339 g/mol. The van der Waals surface area contributed by atoms with Gasteiger partial charge in [-0.05, 0) is 38.0 Å². The van der Waals surface area contributed by atoms with Crippen LogP contribution in [-0.4, -0.2) is 43.5 Å². The van der Waals surface area contributed by atoms with Crippen molar-refractivity contribution >= 4 is 36.9 Å². The molecule has 0 saturated heterocycles. The van der Waals surface area contributed by atoms with Crippen LogP contribution in [0.2, 0.25) is 0 Å². The minimum absolute atomic E-state index is 0. The van der Waals surface area contributed by atoms with E-state index in [1.807, 2.05) is 18.2 Å². The van der Waals surface area contributed by atoms with Gasteiger partial charge in [-0.2, -0.15) is 0 Å². The van der Waals surface area contributed by atoms with E-state index in [2.05, 4.69) is 33.2 Å². The number of hydrogen-bond donors (Lipinski definition) is 4. The normalized spacial score (nSPS) is 9.91. The van der Waals surface area contributed by atoms with E-state index in [9.17, 15) is 4.79 Å². The Bertz CT molecular complexity index is 419. The molecule has 0 atom stereocenters. The Morgan fingerprint density at radius 1 is 1.00 bits per heavy atom. The van der Waals surface area contributed by atoms with E-state index in [0.717, 1.165) is 45.2 Å². The van der Waals surface area contributed by atoms with Crippen molar-refractivity contribution in [3.8, 4) is 0 Å². The van der Waals surface area contributed by atoms with Crippen molar-refractivity contribution in [2.45, 2.75) is 19.4 Å². The molecule has 1 aromatic carbocycles. The number of oxime groups is 1. The van der Waals surface area contributed by atoms with Crippen LogP contribution in [0.3, 0.4) is 0 Å². The maximum atomic E-state index is 10.9. The van der Waals surface area contributed by atoms with Crippen LogP contribution in [0, 0.1) is 0 Å². The highest BCUT2D eigenvalue weighted by Crippen LogP contribution is 1.96. The van der Waals surface area contributed by atoms with Crippen molar-refractivity contribution in [1.82, 2.24) is 16.0 Å². The summed E-state index contributed by atoms with van der Waals surface area (Å²) in [6, 6.07) is 10.3. The third-order valence-corrected chi connectivity index (χ3v) is 2.88. The highest BCUT2D eigenvalue weighted by molar-refractivity contribution is 6.25. The van der Waals surface area contributed by atoms with Crippen LogP contribution in [-0.2, 0) is 11.3 Å². The summed E-state index contributed by atoms with van der Waals surface area (Å²) >= 11 is 0. The average molecular weight is 365 g/mol. The Balaban J connectivity index is 0. The number of amides is 1. The molecule has 6 nitrogen and oxygen atoms in total. The van der Waals surface area contributed by atoms with Gasteiger partial charge in [0.25, 0.3) is 5.91 Å². The fourth-order valence-electron chi connectivity index (χ4n) is 1.82. The van der Waals surface area contributed by atoms with Crippen LogP contribution in [0.15, 0.2) is 35.5 Å². The molecule has 0 unspecified atom stereocenters. The Morgan fingerprint density at radius 2 is 1.61 bits per heavy atom. The van der Waals surface area contributed by atoms with Gasteiger partial charge in [0.15, 0.2) is 0 Å². The van der Waals surface area contributed by atoms with Gasteiger partial charge in [-0.1, -0.05) is 35.5 Å². The lowest BCUT2D eigenvalue weighted by Gasteiger charge is -2.07. The zero-order valence-electron chi connectivity index (χ0n) is 13.0. The van der Waals surface area contributed by atoms with Crippen LogP contribution in [0.1, 0.15) is 18.4 Å². The van der Waals surface area contributed by atoms with Crippen molar-refractivity contribution in [3.05, 3.63) is 35.9 Å². The van der Waals surface area contributed by atoms with E-state index in [4.69, 9.17) is 5.21 Å². The monoisotopic (exact) mass is 364 g/mol. The first-order chi connectivity index (χ1) is 10.3. The van der Waals surface area contributed by atoms with E-state index in [1.165, 1.54) is 5.56 Å². The molecule has 0 bridgehead atoms. The van der Waals surface area contributed by atoms with Gasteiger partial charge in [0.1, 0.15) is 6.21 Å². The summed E-state index contributed by atoms with van der Waals surface area (Å²) in [5.41, 5.74) is 1.30. The second kappa shape index (κ2) is 17.0. The van der Waals surface area contributed by atoms with Crippen LogP contribution in [0.4, 0.5) is 0 Å². The molecule has 1 amide bonds. The minimum Gasteiger partial charge on any atom is -0.411 e. The second-order valence-electron chi connectivity index (χ2n) is 4.66. The van der Waals surface area contributed by atoms with Crippen LogP contribution in [0.25, 0.3) is 0 Å². The van der Waals surface area contributed by atoms with Gasteiger partial charge >= 0.3 is 0 Å². The fourth-order valence-corrected chi connectivity index (χ4v) is 1.82. The van der Waals surface area contributed by atoms with E-state index in [-0.39, 0.29) is 30.7 Å². The van der Waals surface area contributed by atoms with Crippen LogP contribution < -0.4 is 16.0 Å². The summed E-state index contributed by atoms with van der Waals surface area (Å²) in [7, 11) is 0. The first-order valence-corrected chi connectivity index (χ1v) is 7.23. The summed E-state index contributed by atoms with van der Waals surface area (Å²) < 4.78 is 0. The van der Waals surface area contributed by atoms with E-state index in [0.29, 0.717) is 6.54 Å². The quantitative estimate of drug-likeness (QED) is 0.208. The largest absolute Gasteiger partial charge is 0.411 e. The lowest BCUT2D eigenvalue weighted by atomic mass is 10.2. The highest BCUT2D eigenvalue weighted by atomic mass is 35.5. The van der Waals surface area contributed by atoms with E-state index < -0.39 is 0 Å². The molecule has 8 heteroatoms. The Labute approximate surface area is 149 Å². The zero-order chi connectivity index (χ0) is 15.2. The summed E-state index contributed by atoms with van der Waals surface area (Å²) in [5, 5.41) is 20.1. The number of benzene rings is 1. The summed E-state index contributed by atoms with van der Waals surface area (Å²) in [4.78, 5) is 10.9. The molecule has 4 N–H and O–H groups in total. The number of nitrogens with one attached hydrogen (secondary N) is 3. The third-order valence-electron chi connectivity index (χ3n) is 2.88. The molecule has 0 saturated carbocycles. The summed E-state index contributed by atoms with van der Waals surface area (Å²) in [6.07, 6.45) is 2.77. The predicted molar refractivity (Wildman–Crippen MR) is 98.0 cm³/mol. The van der Waals surface area contributed by atoms with Gasteiger partial charge in [0.05, 0.1) is 0 Å². The molecule has 132 valence electrons. The molecule has 0 spiro atoms. The first kappa shape index (κ1) is 23.9. The molecule has 0 aliphatic rings.